The maximum atomic E-state index is 11.7. The second-order valence-corrected chi connectivity index (χ2v) is 4.30. The zero-order chi connectivity index (χ0) is 11.1. The largest absolute Gasteiger partial charge is 0.442 e. The third-order valence-corrected chi connectivity index (χ3v) is 2.71. The standard InChI is InChI=1S/C12H13NO3/c1-7-2-5-9-10(6-7)16-12(15-9)11(14)13-8-3-4-8/h2,5-6,8,12H,3-4H2,1H3,(H,13,14). The molecule has 0 bridgehead atoms. The fourth-order valence-electron chi connectivity index (χ4n) is 1.66. The molecule has 1 heterocycles. The van der Waals surface area contributed by atoms with E-state index in [9.17, 15) is 4.79 Å². The minimum absolute atomic E-state index is 0.184. The summed E-state index contributed by atoms with van der Waals surface area (Å²) < 4.78 is 10.9. The van der Waals surface area contributed by atoms with Crippen LogP contribution in [0.15, 0.2) is 18.2 Å². The topological polar surface area (TPSA) is 47.6 Å². The predicted molar refractivity (Wildman–Crippen MR) is 57.4 cm³/mol. The number of amides is 1. The number of carbonyl (C=O) groups is 1. The molecule has 1 N–H and O–H groups in total. The lowest BCUT2D eigenvalue weighted by atomic mass is 10.2. The molecule has 2 aliphatic rings. The molecule has 1 fully saturated rings. The molecule has 1 saturated carbocycles. The third kappa shape index (κ3) is 1.71. The van der Waals surface area contributed by atoms with Crippen LogP contribution in [0.5, 0.6) is 11.5 Å². The van der Waals surface area contributed by atoms with Crippen LogP contribution in [0.4, 0.5) is 0 Å². The molecule has 1 amide bonds. The highest BCUT2D eigenvalue weighted by Crippen LogP contribution is 2.35. The molecule has 0 saturated heterocycles. The summed E-state index contributed by atoms with van der Waals surface area (Å²) in [5, 5.41) is 2.86. The molecule has 1 aliphatic carbocycles. The average molecular weight is 219 g/mol. The lowest BCUT2D eigenvalue weighted by Gasteiger charge is -2.09. The summed E-state index contributed by atoms with van der Waals surface area (Å²) in [5.74, 6) is 1.11. The van der Waals surface area contributed by atoms with Gasteiger partial charge in [0.2, 0.25) is 0 Å². The Morgan fingerprint density at radius 3 is 2.81 bits per heavy atom. The van der Waals surface area contributed by atoms with Gasteiger partial charge in [-0.25, -0.2) is 0 Å². The van der Waals surface area contributed by atoms with Crippen molar-refractivity contribution in [2.45, 2.75) is 32.1 Å². The number of fused-ring (bicyclic) bond motifs is 1. The van der Waals surface area contributed by atoms with Gasteiger partial charge in [-0.3, -0.25) is 4.79 Å². The van der Waals surface area contributed by atoms with Crippen LogP contribution in [0.1, 0.15) is 18.4 Å². The van der Waals surface area contributed by atoms with Crippen molar-refractivity contribution in [3.05, 3.63) is 23.8 Å². The summed E-state index contributed by atoms with van der Waals surface area (Å²) in [6, 6.07) is 5.96. The van der Waals surface area contributed by atoms with E-state index >= 15 is 0 Å². The highest BCUT2D eigenvalue weighted by Gasteiger charge is 2.34. The van der Waals surface area contributed by atoms with E-state index in [-0.39, 0.29) is 5.91 Å². The number of rotatable bonds is 2. The van der Waals surface area contributed by atoms with Crippen LogP contribution in [0, 0.1) is 6.92 Å². The van der Waals surface area contributed by atoms with Crippen molar-refractivity contribution < 1.29 is 14.3 Å². The molecule has 4 nitrogen and oxygen atoms in total. The third-order valence-electron chi connectivity index (χ3n) is 2.71. The summed E-state index contributed by atoms with van der Waals surface area (Å²) in [6.45, 7) is 1.97. The van der Waals surface area contributed by atoms with Crippen LogP contribution in [-0.2, 0) is 4.79 Å². The van der Waals surface area contributed by atoms with Gasteiger partial charge < -0.3 is 14.8 Å². The Labute approximate surface area is 93.5 Å². The number of hydrogen-bond acceptors (Lipinski definition) is 3. The molecule has 1 aliphatic heterocycles. The van der Waals surface area contributed by atoms with E-state index < -0.39 is 6.29 Å². The highest BCUT2D eigenvalue weighted by atomic mass is 16.7. The second kappa shape index (κ2) is 3.40. The van der Waals surface area contributed by atoms with E-state index in [2.05, 4.69) is 5.32 Å². The van der Waals surface area contributed by atoms with Crippen molar-refractivity contribution in [1.29, 1.82) is 0 Å². The number of ether oxygens (including phenoxy) is 2. The predicted octanol–water partition coefficient (Wildman–Crippen LogP) is 1.37. The Morgan fingerprint density at radius 2 is 2.06 bits per heavy atom. The summed E-state index contributed by atoms with van der Waals surface area (Å²) in [7, 11) is 0. The number of aryl methyl sites for hydroxylation is 1. The summed E-state index contributed by atoms with van der Waals surface area (Å²) in [4.78, 5) is 11.7. The van der Waals surface area contributed by atoms with Crippen molar-refractivity contribution in [3.63, 3.8) is 0 Å². The van der Waals surface area contributed by atoms with Crippen LogP contribution in [0.2, 0.25) is 0 Å². The molecule has 0 aromatic heterocycles. The van der Waals surface area contributed by atoms with Crippen LogP contribution in [0.25, 0.3) is 0 Å². The van der Waals surface area contributed by atoms with Gasteiger partial charge in [0.15, 0.2) is 11.5 Å². The molecule has 1 aromatic rings. The van der Waals surface area contributed by atoms with Crippen LogP contribution >= 0.6 is 0 Å². The summed E-state index contributed by atoms with van der Waals surface area (Å²) in [6.07, 6.45) is 1.30. The zero-order valence-corrected chi connectivity index (χ0v) is 9.03. The smallest absolute Gasteiger partial charge is 0.321 e. The van der Waals surface area contributed by atoms with Crippen molar-refractivity contribution in [2.24, 2.45) is 0 Å². The first kappa shape index (κ1) is 9.51. The highest BCUT2D eigenvalue weighted by molar-refractivity contribution is 5.81. The van der Waals surface area contributed by atoms with Crippen molar-refractivity contribution in [2.75, 3.05) is 0 Å². The molecule has 0 spiro atoms. The quantitative estimate of drug-likeness (QED) is 0.817. The fourth-order valence-corrected chi connectivity index (χ4v) is 1.66. The maximum Gasteiger partial charge on any atom is 0.321 e. The number of carbonyl (C=O) groups excluding carboxylic acids is 1. The van der Waals surface area contributed by atoms with Gasteiger partial charge in [-0.05, 0) is 37.5 Å². The van der Waals surface area contributed by atoms with Crippen molar-refractivity contribution in [3.8, 4) is 11.5 Å². The van der Waals surface area contributed by atoms with Gasteiger partial charge in [0.25, 0.3) is 0 Å². The number of hydrogen-bond donors (Lipinski definition) is 1. The molecule has 1 aromatic carbocycles. The lowest BCUT2D eigenvalue weighted by molar-refractivity contribution is -0.136. The molecular weight excluding hydrogens is 206 g/mol. The molecule has 0 radical (unpaired) electrons. The van der Waals surface area contributed by atoms with E-state index in [0.717, 1.165) is 18.4 Å². The number of nitrogens with one attached hydrogen (secondary N) is 1. The fraction of sp³-hybridized carbons (Fsp3) is 0.417. The second-order valence-electron chi connectivity index (χ2n) is 4.30. The number of benzene rings is 1. The average Bonchev–Trinajstić information content (AvgIpc) is 2.95. The first-order valence-corrected chi connectivity index (χ1v) is 5.47. The minimum atomic E-state index is -0.822. The Morgan fingerprint density at radius 1 is 1.31 bits per heavy atom. The Hall–Kier alpha value is -1.71. The maximum absolute atomic E-state index is 11.7. The van der Waals surface area contributed by atoms with Gasteiger partial charge in [0, 0.05) is 6.04 Å². The van der Waals surface area contributed by atoms with Crippen LogP contribution in [-0.4, -0.2) is 18.2 Å². The normalized spacial score (nSPS) is 21.9. The molecule has 1 atom stereocenters. The zero-order valence-electron chi connectivity index (χ0n) is 9.03. The molecule has 16 heavy (non-hydrogen) atoms. The van der Waals surface area contributed by atoms with E-state index in [1.165, 1.54) is 0 Å². The molecule has 4 heteroatoms. The molecule has 1 unspecified atom stereocenters. The lowest BCUT2D eigenvalue weighted by Crippen LogP contribution is -2.40. The van der Waals surface area contributed by atoms with E-state index in [1.807, 2.05) is 25.1 Å². The van der Waals surface area contributed by atoms with Gasteiger partial charge >= 0.3 is 12.2 Å². The van der Waals surface area contributed by atoms with Gasteiger partial charge in [0.1, 0.15) is 0 Å². The van der Waals surface area contributed by atoms with E-state index in [1.54, 1.807) is 0 Å². The summed E-state index contributed by atoms with van der Waals surface area (Å²) in [5.41, 5.74) is 1.09. The molecular formula is C12H13NO3. The Bertz CT molecular complexity index is 440. The minimum Gasteiger partial charge on any atom is -0.442 e. The summed E-state index contributed by atoms with van der Waals surface area (Å²) >= 11 is 0. The molecule has 3 rings (SSSR count). The first-order valence-electron chi connectivity index (χ1n) is 5.47. The monoisotopic (exact) mass is 219 g/mol. The van der Waals surface area contributed by atoms with E-state index in [0.29, 0.717) is 17.5 Å². The van der Waals surface area contributed by atoms with Gasteiger partial charge in [-0.1, -0.05) is 6.07 Å². The Balaban J connectivity index is 1.71. The van der Waals surface area contributed by atoms with Gasteiger partial charge in [0.05, 0.1) is 0 Å². The Kier molecular flexibility index (Phi) is 2.02. The first-order chi connectivity index (χ1) is 7.72. The van der Waals surface area contributed by atoms with Crippen LogP contribution < -0.4 is 14.8 Å². The van der Waals surface area contributed by atoms with Gasteiger partial charge in [-0.2, -0.15) is 0 Å². The van der Waals surface area contributed by atoms with Crippen molar-refractivity contribution >= 4 is 5.91 Å². The van der Waals surface area contributed by atoms with Crippen molar-refractivity contribution in [1.82, 2.24) is 5.32 Å². The van der Waals surface area contributed by atoms with Gasteiger partial charge in [-0.15, -0.1) is 0 Å². The SMILES string of the molecule is Cc1ccc2c(c1)OC(C(=O)NC1CC1)O2. The van der Waals surface area contributed by atoms with Crippen LogP contribution in [0.3, 0.4) is 0 Å². The van der Waals surface area contributed by atoms with E-state index in [4.69, 9.17) is 9.47 Å². The molecule has 84 valence electrons.